The van der Waals surface area contributed by atoms with E-state index < -0.39 is 5.60 Å². The van der Waals surface area contributed by atoms with Gasteiger partial charge in [0, 0.05) is 24.2 Å². The predicted molar refractivity (Wildman–Crippen MR) is 132 cm³/mol. The van der Waals surface area contributed by atoms with Crippen LogP contribution in [0.3, 0.4) is 0 Å². The number of hydrogen-bond acceptors (Lipinski definition) is 4. The van der Waals surface area contributed by atoms with Gasteiger partial charge in [0.2, 0.25) is 0 Å². The molecule has 2 aromatic carbocycles. The van der Waals surface area contributed by atoms with E-state index in [4.69, 9.17) is 4.74 Å². The second-order valence-corrected chi connectivity index (χ2v) is 9.90. The van der Waals surface area contributed by atoms with E-state index in [-0.39, 0.29) is 23.8 Å². The van der Waals surface area contributed by atoms with Crippen molar-refractivity contribution in [1.82, 2.24) is 14.5 Å². The van der Waals surface area contributed by atoms with Crippen LogP contribution in [0.5, 0.6) is 5.75 Å². The Hall–Kier alpha value is -3.45. The van der Waals surface area contributed by atoms with Crippen molar-refractivity contribution in [2.24, 2.45) is 0 Å². The lowest BCUT2D eigenvalue weighted by Gasteiger charge is -2.50. The lowest BCUT2D eigenvalue weighted by atomic mass is 9.77. The summed E-state index contributed by atoms with van der Waals surface area (Å²) in [7, 11) is 1.63. The third kappa shape index (κ3) is 4.60. The highest BCUT2D eigenvalue weighted by Crippen LogP contribution is 2.44. The molecule has 7 heteroatoms. The molecule has 3 heterocycles. The van der Waals surface area contributed by atoms with Gasteiger partial charge in [-0.2, -0.15) is 0 Å². The highest BCUT2D eigenvalue weighted by atomic mass is 19.1. The maximum Gasteiger partial charge on any atom is 0.250 e. The molecule has 5 rings (SSSR count). The Morgan fingerprint density at radius 1 is 1.20 bits per heavy atom. The molecule has 0 bridgehead atoms. The number of piperidine rings is 2. The quantitative estimate of drug-likeness (QED) is 0.540. The highest BCUT2D eigenvalue weighted by Gasteiger charge is 2.46. The average molecular weight is 476 g/mol. The van der Waals surface area contributed by atoms with E-state index in [9.17, 15) is 14.3 Å². The predicted octanol–water partition coefficient (Wildman–Crippen LogP) is 4.99. The molecular formula is C28H30FN3O3. The molecule has 0 saturated carbocycles. The molecule has 0 unspecified atom stereocenters. The zero-order valence-electron chi connectivity index (χ0n) is 20.2. The number of ether oxygens (including phenoxy) is 1. The summed E-state index contributed by atoms with van der Waals surface area (Å²) in [6.07, 6.45) is 7.97. The maximum atomic E-state index is 13.7. The van der Waals surface area contributed by atoms with E-state index in [2.05, 4.69) is 4.98 Å². The molecule has 2 fully saturated rings. The minimum atomic E-state index is -0.878. The summed E-state index contributed by atoms with van der Waals surface area (Å²) in [5.41, 5.74) is 3.36. The monoisotopic (exact) mass is 475 g/mol. The number of carbonyl (C=O) groups is 1. The van der Waals surface area contributed by atoms with E-state index in [0.29, 0.717) is 25.0 Å². The molecule has 0 aliphatic carbocycles. The third-order valence-corrected chi connectivity index (χ3v) is 7.08. The van der Waals surface area contributed by atoms with E-state index >= 15 is 0 Å². The normalized spacial score (nSPS) is 25.6. The first-order valence-corrected chi connectivity index (χ1v) is 11.9. The fourth-order valence-corrected chi connectivity index (χ4v) is 5.45. The molecule has 35 heavy (non-hydrogen) atoms. The highest BCUT2D eigenvalue weighted by molar-refractivity contribution is 5.99. The van der Waals surface area contributed by atoms with Crippen molar-refractivity contribution in [3.8, 4) is 11.4 Å². The van der Waals surface area contributed by atoms with Gasteiger partial charge in [-0.1, -0.05) is 18.2 Å². The van der Waals surface area contributed by atoms with Crippen molar-refractivity contribution >= 4 is 12.0 Å². The number of aromatic nitrogens is 2. The summed E-state index contributed by atoms with van der Waals surface area (Å²) in [5.74, 6) is 0.345. The number of imidazole rings is 1. The van der Waals surface area contributed by atoms with Crippen molar-refractivity contribution < 1.29 is 19.0 Å². The number of rotatable bonds is 4. The Morgan fingerprint density at radius 3 is 2.66 bits per heavy atom. The lowest BCUT2D eigenvalue weighted by molar-refractivity contribution is -0.144. The number of methoxy groups -OCH3 is 1. The summed E-state index contributed by atoms with van der Waals surface area (Å²) in [6, 6.07) is 11.7. The summed E-state index contributed by atoms with van der Waals surface area (Å²) in [5, 5.41) is 10.9. The Kier molecular flexibility index (Phi) is 5.97. The van der Waals surface area contributed by atoms with Gasteiger partial charge < -0.3 is 19.3 Å². The third-order valence-electron chi connectivity index (χ3n) is 7.08. The smallest absolute Gasteiger partial charge is 0.250 e. The number of nitrogens with zero attached hydrogens (tertiary/aromatic N) is 3. The average Bonchev–Trinajstić information content (AvgIpc) is 3.26. The van der Waals surface area contributed by atoms with E-state index in [0.717, 1.165) is 34.5 Å². The standard InChI is InChI=1S/C28H30FN3O3/c1-18-16-31(17-30-18)24-11-4-19(13-26(24)35-3)12-21-7-10-23-14-28(2,34)15-25(32(23)27(21)33)20-5-8-22(29)9-6-20/h4-6,8-9,11-13,16-17,23,25,34H,7,10,14-15H2,1-3H3/t23-,25-,28+/m0/s1. The first-order valence-electron chi connectivity index (χ1n) is 11.9. The number of fused-ring (bicyclic) bond motifs is 1. The van der Waals surface area contributed by atoms with Crippen LogP contribution in [0.2, 0.25) is 0 Å². The van der Waals surface area contributed by atoms with E-state index in [1.54, 1.807) is 25.6 Å². The van der Waals surface area contributed by atoms with Gasteiger partial charge >= 0.3 is 0 Å². The number of carbonyl (C=O) groups excluding carboxylic acids is 1. The van der Waals surface area contributed by atoms with Gasteiger partial charge in [-0.25, -0.2) is 9.37 Å². The van der Waals surface area contributed by atoms with Crippen LogP contribution in [0.25, 0.3) is 11.8 Å². The number of aryl methyl sites for hydroxylation is 1. The number of hydrogen-bond donors (Lipinski definition) is 1. The van der Waals surface area contributed by atoms with Crippen molar-refractivity contribution in [3.05, 3.63) is 83.2 Å². The number of halogens is 1. The van der Waals surface area contributed by atoms with Gasteiger partial charge in [0.25, 0.3) is 5.91 Å². The van der Waals surface area contributed by atoms with Crippen LogP contribution in [0.1, 0.15) is 55.5 Å². The van der Waals surface area contributed by atoms with Crippen LogP contribution in [0.15, 0.2) is 60.6 Å². The molecule has 3 aromatic rings. The van der Waals surface area contributed by atoms with Crippen molar-refractivity contribution in [3.63, 3.8) is 0 Å². The van der Waals surface area contributed by atoms with Gasteiger partial charge in [-0.15, -0.1) is 0 Å². The van der Waals surface area contributed by atoms with Gasteiger partial charge in [0.15, 0.2) is 0 Å². The van der Waals surface area contributed by atoms with Crippen LogP contribution in [0.4, 0.5) is 4.39 Å². The van der Waals surface area contributed by atoms with Crippen molar-refractivity contribution in [2.45, 2.75) is 57.2 Å². The number of aliphatic hydroxyl groups is 1. The van der Waals surface area contributed by atoms with Crippen LogP contribution in [0, 0.1) is 12.7 Å². The second kappa shape index (κ2) is 8.96. The summed E-state index contributed by atoms with van der Waals surface area (Å²) < 4.78 is 21.1. The molecule has 2 saturated heterocycles. The zero-order chi connectivity index (χ0) is 24.7. The molecule has 3 atom stereocenters. The van der Waals surface area contributed by atoms with E-state index in [1.807, 2.05) is 53.8 Å². The maximum absolute atomic E-state index is 13.7. The van der Waals surface area contributed by atoms with Crippen LogP contribution >= 0.6 is 0 Å². The molecule has 182 valence electrons. The van der Waals surface area contributed by atoms with Crippen LogP contribution in [-0.2, 0) is 4.79 Å². The van der Waals surface area contributed by atoms with Gasteiger partial charge in [-0.3, -0.25) is 4.79 Å². The van der Waals surface area contributed by atoms with Gasteiger partial charge in [0.1, 0.15) is 11.6 Å². The lowest BCUT2D eigenvalue weighted by Crippen LogP contribution is -2.55. The summed E-state index contributed by atoms with van der Waals surface area (Å²) in [6.45, 7) is 3.76. The SMILES string of the molecule is COc1cc(C=C2CC[C@H]3C[C@@](C)(O)C[C@@H](c4ccc(F)cc4)N3C2=O)ccc1-n1cnc(C)c1. The molecule has 1 aromatic heterocycles. The van der Waals surface area contributed by atoms with E-state index in [1.165, 1.54) is 12.1 Å². The molecule has 0 spiro atoms. The Morgan fingerprint density at radius 2 is 1.97 bits per heavy atom. The Labute approximate surface area is 204 Å². The van der Waals surface area contributed by atoms with Gasteiger partial charge in [0.05, 0.1) is 36.5 Å². The fraction of sp³-hybridized carbons (Fsp3) is 0.357. The molecule has 2 aliphatic rings. The summed E-state index contributed by atoms with van der Waals surface area (Å²) >= 11 is 0. The van der Waals surface area contributed by atoms with Crippen molar-refractivity contribution in [2.75, 3.05) is 7.11 Å². The topological polar surface area (TPSA) is 67.6 Å². The number of benzene rings is 2. The molecule has 2 aliphatic heterocycles. The molecule has 6 nitrogen and oxygen atoms in total. The van der Waals surface area contributed by atoms with Crippen LogP contribution < -0.4 is 4.74 Å². The second-order valence-electron chi connectivity index (χ2n) is 9.90. The first kappa shape index (κ1) is 23.3. The minimum Gasteiger partial charge on any atom is -0.495 e. The van der Waals surface area contributed by atoms with Gasteiger partial charge in [-0.05, 0) is 74.6 Å². The summed E-state index contributed by atoms with van der Waals surface area (Å²) in [4.78, 5) is 19.9. The van der Waals surface area contributed by atoms with Crippen LogP contribution in [-0.4, -0.2) is 44.2 Å². The Bertz CT molecular complexity index is 1280. The Balaban J connectivity index is 1.47. The minimum absolute atomic E-state index is 0.0284. The largest absolute Gasteiger partial charge is 0.495 e. The molecular weight excluding hydrogens is 445 g/mol. The molecule has 0 radical (unpaired) electrons. The first-order chi connectivity index (χ1) is 16.7. The zero-order valence-corrected chi connectivity index (χ0v) is 20.2. The molecule has 1 N–H and O–H groups in total. The van der Waals surface area contributed by atoms with Crippen molar-refractivity contribution in [1.29, 1.82) is 0 Å². The number of amides is 1. The molecule has 1 amide bonds. The fourth-order valence-electron chi connectivity index (χ4n) is 5.45.